The lowest BCUT2D eigenvalue weighted by atomic mass is 10.2. The number of carbonyl (C=O) groups is 1. The fourth-order valence-electron chi connectivity index (χ4n) is 0.857. The van der Waals surface area contributed by atoms with Crippen molar-refractivity contribution in [2.45, 2.75) is 0 Å². The molecular formula is C7H4N2O3. The first kappa shape index (κ1) is 6.78. The first-order valence-corrected chi connectivity index (χ1v) is 3.22. The molecule has 0 fully saturated rings. The van der Waals surface area contributed by atoms with E-state index in [0.717, 1.165) is 0 Å². The Hall–Kier alpha value is -1.91. The summed E-state index contributed by atoms with van der Waals surface area (Å²) >= 11 is 0. The minimum absolute atomic E-state index is 0.365. The van der Waals surface area contributed by atoms with Crippen LogP contribution in [0.5, 0.6) is 0 Å². The molecule has 12 heavy (non-hydrogen) atoms. The zero-order valence-electron chi connectivity index (χ0n) is 5.93. The quantitative estimate of drug-likeness (QED) is 0.622. The van der Waals surface area contributed by atoms with Crippen LogP contribution in [0.2, 0.25) is 0 Å². The molecule has 0 saturated carbocycles. The van der Waals surface area contributed by atoms with Gasteiger partial charge < -0.3 is 9.05 Å². The molecule has 2 aromatic rings. The van der Waals surface area contributed by atoms with Crippen LogP contribution in [0.25, 0.3) is 11.4 Å². The lowest BCUT2D eigenvalue weighted by Crippen LogP contribution is -1.82. The minimum Gasteiger partial charge on any atom is -0.364 e. The van der Waals surface area contributed by atoms with Crippen molar-refractivity contribution in [2.24, 2.45) is 0 Å². The Labute approximate surface area is 66.9 Å². The van der Waals surface area contributed by atoms with E-state index < -0.39 is 0 Å². The van der Waals surface area contributed by atoms with Gasteiger partial charge in [-0.1, -0.05) is 10.3 Å². The standard InChI is InChI=1S/C7H4N2O3/c10-3-5-4-12-9-7(5)6-1-2-11-8-6/h1-4H. The predicted molar refractivity (Wildman–Crippen MR) is 37.4 cm³/mol. The third-order valence-electron chi connectivity index (χ3n) is 1.40. The molecule has 0 radical (unpaired) electrons. The molecule has 2 heterocycles. The molecule has 0 atom stereocenters. The summed E-state index contributed by atoms with van der Waals surface area (Å²) in [7, 11) is 0. The molecular weight excluding hydrogens is 160 g/mol. The first-order chi connectivity index (χ1) is 5.92. The summed E-state index contributed by atoms with van der Waals surface area (Å²) < 4.78 is 9.19. The Morgan fingerprint density at radius 3 is 2.92 bits per heavy atom. The maximum absolute atomic E-state index is 10.4. The summed E-state index contributed by atoms with van der Waals surface area (Å²) in [5, 5.41) is 7.21. The Kier molecular flexibility index (Phi) is 1.48. The van der Waals surface area contributed by atoms with E-state index in [0.29, 0.717) is 23.2 Å². The molecule has 5 heteroatoms. The van der Waals surface area contributed by atoms with Gasteiger partial charge in [0.2, 0.25) is 0 Å². The number of aromatic nitrogens is 2. The van der Waals surface area contributed by atoms with Crippen molar-refractivity contribution >= 4 is 6.29 Å². The van der Waals surface area contributed by atoms with Crippen LogP contribution in [0.3, 0.4) is 0 Å². The van der Waals surface area contributed by atoms with Gasteiger partial charge in [-0.15, -0.1) is 0 Å². The second kappa shape index (κ2) is 2.61. The highest BCUT2D eigenvalue weighted by molar-refractivity contribution is 5.83. The number of rotatable bonds is 2. The Bertz CT molecular complexity index is 377. The van der Waals surface area contributed by atoms with Gasteiger partial charge in [0, 0.05) is 6.07 Å². The molecule has 0 aromatic carbocycles. The topological polar surface area (TPSA) is 69.1 Å². The smallest absolute Gasteiger partial charge is 0.155 e. The summed E-state index contributed by atoms with van der Waals surface area (Å²) in [5.41, 5.74) is 1.26. The summed E-state index contributed by atoms with van der Waals surface area (Å²) in [6, 6.07) is 1.60. The van der Waals surface area contributed by atoms with Gasteiger partial charge >= 0.3 is 0 Å². The summed E-state index contributed by atoms with van der Waals surface area (Å²) in [6.45, 7) is 0. The van der Waals surface area contributed by atoms with Crippen LogP contribution in [-0.2, 0) is 0 Å². The third-order valence-corrected chi connectivity index (χ3v) is 1.40. The van der Waals surface area contributed by atoms with Crippen LogP contribution in [0.15, 0.2) is 27.6 Å². The minimum atomic E-state index is 0.365. The second-order valence-corrected chi connectivity index (χ2v) is 2.12. The highest BCUT2D eigenvalue weighted by atomic mass is 16.5. The van der Waals surface area contributed by atoms with Crippen LogP contribution in [0, 0.1) is 0 Å². The Balaban J connectivity index is 2.53. The van der Waals surface area contributed by atoms with E-state index in [1.165, 1.54) is 12.5 Å². The molecule has 0 aliphatic carbocycles. The third kappa shape index (κ3) is 0.914. The van der Waals surface area contributed by atoms with E-state index in [1.807, 2.05) is 0 Å². The fraction of sp³-hybridized carbons (Fsp3) is 0. The fourth-order valence-corrected chi connectivity index (χ4v) is 0.857. The molecule has 0 saturated heterocycles. The van der Waals surface area contributed by atoms with Crippen molar-refractivity contribution < 1.29 is 13.8 Å². The van der Waals surface area contributed by atoms with Crippen molar-refractivity contribution in [3.63, 3.8) is 0 Å². The van der Waals surface area contributed by atoms with Crippen LogP contribution >= 0.6 is 0 Å². The highest BCUT2D eigenvalue weighted by Crippen LogP contribution is 2.17. The van der Waals surface area contributed by atoms with Crippen molar-refractivity contribution in [3.8, 4) is 11.4 Å². The average molecular weight is 164 g/mol. The molecule has 0 bridgehead atoms. The molecule has 0 aliphatic heterocycles. The van der Waals surface area contributed by atoms with E-state index in [-0.39, 0.29) is 0 Å². The first-order valence-electron chi connectivity index (χ1n) is 3.22. The SMILES string of the molecule is O=Cc1conc1-c1ccon1. The second-order valence-electron chi connectivity index (χ2n) is 2.12. The molecule has 5 nitrogen and oxygen atoms in total. The molecule has 0 N–H and O–H groups in total. The number of carbonyl (C=O) groups excluding carboxylic acids is 1. The van der Waals surface area contributed by atoms with Gasteiger partial charge in [-0.25, -0.2) is 0 Å². The lowest BCUT2D eigenvalue weighted by Gasteiger charge is -1.84. The van der Waals surface area contributed by atoms with Gasteiger partial charge in [-0.05, 0) is 0 Å². The maximum atomic E-state index is 10.4. The monoisotopic (exact) mass is 164 g/mol. The normalized spacial score (nSPS) is 10.0. The van der Waals surface area contributed by atoms with Gasteiger partial charge in [-0.3, -0.25) is 4.79 Å². The van der Waals surface area contributed by atoms with E-state index in [1.54, 1.807) is 6.07 Å². The van der Waals surface area contributed by atoms with E-state index in [2.05, 4.69) is 19.4 Å². The summed E-state index contributed by atoms with van der Waals surface area (Å²) in [6.07, 6.45) is 3.32. The van der Waals surface area contributed by atoms with Crippen molar-refractivity contribution in [2.75, 3.05) is 0 Å². The molecule has 0 unspecified atom stereocenters. The van der Waals surface area contributed by atoms with Crippen molar-refractivity contribution in [3.05, 3.63) is 24.2 Å². The molecule has 0 amide bonds. The number of aldehydes is 1. The number of nitrogens with zero attached hydrogens (tertiary/aromatic N) is 2. The zero-order chi connectivity index (χ0) is 8.39. The lowest BCUT2D eigenvalue weighted by molar-refractivity contribution is 0.112. The summed E-state index contributed by atoms with van der Waals surface area (Å²) in [4.78, 5) is 10.4. The Morgan fingerprint density at radius 1 is 1.33 bits per heavy atom. The Morgan fingerprint density at radius 2 is 2.25 bits per heavy atom. The molecule has 0 spiro atoms. The van der Waals surface area contributed by atoms with Gasteiger partial charge in [0.05, 0.1) is 5.56 Å². The number of hydrogen-bond acceptors (Lipinski definition) is 5. The van der Waals surface area contributed by atoms with Crippen molar-refractivity contribution in [1.82, 2.24) is 10.3 Å². The predicted octanol–water partition coefficient (Wildman–Crippen LogP) is 1.14. The average Bonchev–Trinajstić information content (AvgIpc) is 2.74. The van der Waals surface area contributed by atoms with Crippen molar-refractivity contribution in [1.29, 1.82) is 0 Å². The molecule has 60 valence electrons. The summed E-state index contributed by atoms with van der Waals surface area (Å²) in [5.74, 6) is 0. The molecule has 0 aliphatic rings. The van der Waals surface area contributed by atoms with E-state index in [9.17, 15) is 4.79 Å². The van der Waals surface area contributed by atoms with Gasteiger partial charge in [-0.2, -0.15) is 0 Å². The van der Waals surface area contributed by atoms with Crippen LogP contribution in [0.1, 0.15) is 10.4 Å². The highest BCUT2D eigenvalue weighted by Gasteiger charge is 2.11. The number of hydrogen-bond donors (Lipinski definition) is 0. The van der Waals surface area contributed by atoms with Crippen LogP contribution in [-0.4, -0.2) is 16.6 Å². The zero-order valence-corrected chi connectivity index (χ0v) is 5.93. The van der Waals surface area contributed by atoms with Gasteiger partial charge in [0.15, 0.2) is 6.29 Å². The van der Waals surface area contributed by atoms with E-state index >= 15 is 0 Å². The van der Waals surface area contributed by atoms with Gasteiger partial charge in [0.25, 0.3) is 0 Å². The van der Waals surface area contributed by atoms with E-state index in [4.69, 9.17) is 0 Å². The molecule has 2 aromatic heterocycles. The maximum Gasteiger partial charge on any atom is 0.155 e. The van der Waals surface area contributed by atoms with Crippen LogP contribution < -0.4 is 0 Å². The van der Waals surface area contributed by atoms with Gasteiger partial charge in [0.1, 0.15) is 23.9 Å². The molecule has 2 rings (SSSR count). The largest absolute Gasteiger partial charge is 0.364 e. The van der Waals surface area contributed by atoms with Crippen LogP contribution in [0.4, 0.5) is 0 Å².